The zero-order valence-corrected chi connectivity index (χ0v) is 13.1. The summed E-state index contributed by atoms with van der Waals surface area (Å²) in [7, 11) is 0. The maximum atomic E-state index is 8.99. The molecule has 5 nitrogen and oxygen atoms in total. The van der Waals surface area contributed by atoms with E-state index in [1.807, 2.05) is 42.6 Å². The van der Waals surface area contributed by atoms with Gasteiger partial charge in [-0.25, -0.2) is 0 Å². The van der Waals surface area contributed by atoms with E-state index >= 15 is 0 Å². The van der Waals surface area contributed by atoms with Crippen molar-refractivity contribution in [1.29, 1.82) is 5.26 Å². The van der Waals surface area contributed by atoms with E-state index in [0.717, 1.165) is 35.0 Å². The van der Waals surface area contributed by atoms with E-state index in [0.29, 0.717) is 12.1 Å². The third kappa shape index (κ3) is 2.21. The lowest BCUT2D eigenvalue weighted by Gasteiger charge is -2.31. The zero-order chi connectivity index (χ0) is 16.5. The first kappa shape index (κ1) is 14.4. The largest absolute Gasteiger partial charge is 0.357 e. The Balaban J connectivity index is 1.79. The maximum absolute atomic E-state index is 8.99. The van der Waals surface area contributed by atoms with Gasteiger partial charge in [-0.2, -0.15) is 5.26 Å². The van der Waals surface area contributed by atoms with Gasteiger partial charge in [-0.15, -0.1) is 0 Å². The average molecular weight is 315 g/mol. The molecule has 0 bridgehead atoms. The molecule has 3 N–H and O–H groups in total. The first-order valence-electron chi connectivity index (χ1n) is 7.87. The minimum Gasteiger partial charge on any atom is -0.357 e. The standard InChI is InChI=1S/C19H17N5/c20-9-10-23-18(15-7-5-14(11-21)6-8-15)13-24-17-4-2-1-3-16(17)22-12-19(23)24/h1-8,12-13,22H,9-10,20H2. The van der Waals surface area contributed by atoms with Gasteiger partial charge in [-0.3, -0.25) is 4.90 Å². The third-order valence-corrected chi connectivity index (χ3v) is 4.25. The number of nitrogens with zero attached hydrogens (tertiary/aromatic N) is 3. The van der Waals surface area contributed by atoms with E-state index in [1.54, 1.807) is 0 Å². The summed E-state index contributed by atoms with van der Waals surface area (Å²) in [5.41, 5.74) is 10.8. The van der Waals surface area contributed by atoms with Gasteiger partial charge in [0.1, 0.15) is 5.82 Å². The number of benzene rings is 2. The molecule has 0 atom stereocenters. The summed E-state index contributed by atoms with van der Waals surface area (Å²) in [4.78, 5) is 4.37. The molecule has 4 rings (SSSR count). The Morgan fingerprint density at radius 2 is 1.88 bits per heavy atom. The number of nitriles is 1. The minimum absolute atomic E-state index is 0.556. The average Bonchev–Trinajstić information content (AvgIpc) is 3.01. The number of nitrogens with two attached hydrogens (primary N) is 1. The first-order chi connectivity index (χ1) is 11.8. The lowest BCUT2D eigenvalue weighted by atomic mass is 10.1. The molecule has 0 saturated carbocycles. The molecule has 0 fully saturated rings. The lowest BCUT2D eigenvalue weighted by molar-refractivity contribution is 0.506. The van der Waals surface area contributed by atoms with Gasteiger partial charge in [0.05, 0.1) is 28.7 Å². The van der Waals surface area contributed by atoms with Gasteiger partial charge in [0.25, 0.3) is 0 Å². The zero-order valence-electron chi connectivity index (χ0n) is 13.1. The molecule has 2 aromatic rings. The van der Waals surface area contributed by atoms with Crippen LogP contribution in [0, 0.1) is 11.3 Å². The Hall–Kier alpha value is -3.23. The number of hydrogen-bond donors (Lipinski definition) is 2. The monoisotopic (exact) mass is 315 g/mol. The van der Waals surface area contributed by atoms with E-state index in [-0.39, 0.29) is 0 Å². The molecular weight excluding hydrogens is 298 g/mol. The number of nitrogens with one attached hydrogen (secondary N) is 1. The van der Waals surface area contributed by atoms with Gasteiger partial charge in [-0.05, 0) is 29.8 Å². The summed E-state index contributed by atoms with van der Waals surface area (Å²) in [6, 6.07) is 18.0. The maximum Gasteiger partial charge on any atom is 0.134 e. The number of rotatable bonds is 3. The van der Waals surface area contributed by atoms with Crippen molar-refractivity contribution in [2.24, 2.45) is 5.73 Å². The molecule has 0 radical (unpaired) electrons. The number of anilines is 2. The second kappa shape index (κ2) is 5.76. The van der Waals surface area contributed by atoms with Gasteiger partial charge in [0.2, 0.25) is 0 Å². The van der Waals surface area contributed by atoms with Gasteiger partial charge in [-0.1, -0.05) is 24.3 Å². The fourth-order valence-corrected chi connectivity index (χ4v) is 3.11. The predicted molar refractivity (Wildman–Crippen MR) is 95.5 cm³/mol. The van der Waals surface area contributed by atoms with Crippen molar-refractivity contribution in [3.05, 3.63) is 77.9 Å². The Kier molecular flexibility index (Phi) is 3.45. The first-order valence-corrected chi connectivity index (χ1v) is 7.87. The second-order valence-electron chi connectivity index (χ2n) is 5.68. The van der Waals surface area contributed by atoms with E-state index in [2.05, 4.69) is 39.5 Å². The van der Waals surface area contributed by atoms with Crippen LogP contribution >= 0.6 is 0 Å². The van der Waals surface area contributed by atoms with Crippen LogP contribution in [0.5, 0.6) is 0 Å². The van der Waals surface area contributed by atoms with E-state index in [9.17, 15) is 0 Å². The summed E-state index contributed by atoms with van der Waals surface area (Å²) in [6.45, 7) is 1.28. The van der Waals surface area contributed by atoms with Gasteiger partial charge in [0.15, 0.2) is 0 Å². The van der Waals surface area contributed by atoms with E-state index in [4.69, 9.17) is 11.0 Å². The molecule has 0 amide bonds. The van der Waals surface area contributed by atoms with Crippen molar-refractivity contribution in [2.45, 2.75) is 0 Å². The van der Waals surface area contributed by atoms with Crippen molar-refractivity contribution in [3.63, 3.8) is 0 Å². The van der Waals surface area contributed by atoms with Crippen molar-refractivity contribution >= 4 is 17.1 Å². The molecular formula is C19H17N5. The number of para-hydroxylation sites is 2. The SMILES string of the molecule is N#Cc1ccc(C2=CN3C(=CNc4ccccc43)N2CCN)cc1. The molecule has 24 heavy (non-hydrogen) atoms. The minimum atomic E-state index is 0.556. The molecule has 0 spiro atoms. The van der Waals surface area contributed by atoms with E-state index < -0.39 is 0 Å². The van der Waals surface area contributed by atoms with E-state index in [1.165, 1.54) is 0 Å². The summed E-state index contributed by atoms with van der Waals surface area (Å²) in [5.74, 6) is 1.05. The van der Waals surface area contributed by atoms with Crippen LogP contribution in [0.3, 0.4) is 0 Å². The van der Waals surface area contributed by atoms with Crippen LogP contribution in [0.25, 0.3) is 5.70 Å². The van der Waals surface area contributed by atoms with Crippen LogP contribution < -0.4 is 16.0 Å². The summed E-state index contributed by atoms with van der Waals surface area (Å²) in [5, 5.41) is 12.3. The molecule has 0 aliphatic carbocycles. The Bertz CT molecular complexity index is 873. The van der Waals surface area contributed by atoms with Gasteiger partial charge in [0, 0.05) is 25.5 Å². The Labute approximate surface area is 140 Å². The van der Waals surface area contributed by atoms with Gasteiger partial charge < -0.3 is 16.0 Å². The topological polar surface area (TPSA) is 68.3 Å². The van der Waals surface area contributed by atoms with Crippen LogP contribution in [0.2, 0.25) is 0 Å². The quantitative estimate of drug-likeness (QED) is 0.911. The van der Waals surface area contributed by atoms with Crippen LogP contribution in [-0.4, -0.2) is 18.0 Å². The molecule has 5 heteroatoms. The van der Waals surface area contributed by atoms with Gasteiger partial charge >= 0.3 is 0 Å². The molecule has 2 aliphatic heterocycles. The molecule has 118 valence electrons. The fraction of sp³-hybridized carbons (Fsp3) is 0.105. The van der Waals surface area contributed by atoms with Crippen molar-refractivity contribution in [2.75, 3.05) is 23.3 Å². The van der Waals surface area contributed by atoms with Crippen LogP contribution in [0.1, 0.15) is 11.1 Å². The number of fused-ring (bicyclic) bond motifs is 3. The highest BCUT2D eigenvalue weighted by Gasteiger charge is 2.31. The van der Waals surface area contributed by atoms with Crippen LogP contribution in [0.15, 0.2) is 66.8 Å². The molecule has 2 aliphatic rings. The molecule has 2 aromatic carbocycles. The highest BCUT2D eigenvalue weighted by molar-refractivity contribution is 5.84. The summed E-state index contributed by atoms with van der Waals surface area (Å²) >= 11 is 0. The van der Waals surface area contributed by atoms with Crippen molar-refractivity contribution in [1.82, 2.24) is 4.90 Å². The molecule has 2 heterocycles. The Morgan fingerprint density at radius 3 is 2.62 bits per heavy atom. The Morgan fingerprint density at radius 1 is 1.08 bits per heavy atom. The highest BCUT2D eigenvalue weighted by atomic mass is 15.4. The number of hydrogen-bond acceptors (Lipinski definition) is 5. The molecule has 0 saturated heterocycles. The highest BCUT2D eigenvalue weighted by Crippen LogP contribution is 2.41. The summed E-state index contributed by atoms with van der Waals surface area (Å²) < 4.78 is 0. The summed E-state index contributed by atoms with van der Waals surface area (Å²) in [6.07, 6.45) is 4.13. The third-order valence-electron chi connectivity index (χ3n) is 4.25. The molecule has 0 unspecified atom stereocenters. The normalized spacial score (nSPS) is 15.0. The lowest BCUT2D eigenvalue weighted by Crippen LogP contribution is -2.31. The van der Waals surface area contributed by atoms with Crippen LogP contribution in [-0.2, 0) is 0 Å². The smallest absolute Gasteiger partial charge is 0.134 e. The predicted octanol–water partition coefficient (Wildman–Crippen LogP) is 2.86. The van der Waals surface area contributed by atoms with Crippen molar-refractivity contribution < 1.29 is 0 Å². The fourth-order valence-electron chi connectivity index (χ4n) is 3.11. The second-order valence-corrected chi connectivity index (χ2v) is 5.68. The van der Waals surface area contributed by atoms with Crippen molar-refractivity contribution in [3.8, 4) is 6.07 Å². The molecule has 0 aromatic heterocycles. The van der Waals surface area contributed by atoms with Crippen LogP contribution in [0.4, 0.5) is 11.4 Å².